The Labute approximate surface area is 190 Å². The minimum atomic E-state index is -3.82. The van der Waals surface area contributed by atoms with Crippen LogP contribution < -0.4 is 19.5 Å². The topological polar surface area (TPSA) is 120 Å². The molecular weight excluding hydrogens is 454 g/mol. The lowest BCUT2D eigenvalue weighted by atomic mass is 10.2. The van der Waals surface area contributed by atoms with Crippen LogP contribution in [0.4, 0.5) is 11.4 Å². The fourth-order valence-corrected chi connectivity index (χ4v) is 4.95. The number of amides is 1. The summed E-state index contributed by atoms with van der Waals surface area (Å²) in [5.41, 5.74) is 1.37. The van der Waals surface area contributed by atoms with Crippen LogP contribution in [0.1, 0.15) is 29.7 Å². The van der Waals surface area contributed by atoms with Crippen LogP contribution in [-0.2, 0) is 14.8 Å². The fraction of sp³-hybridized carbons (Fsp3) is 0.238. The van der Waals surface area contributed by atoms with Crippen LogP contribution in [0.5, 0.6) is 11.5 Å². The van der Waals surface area contributed by atoms with E-state index in [0.717, 1.165) is 11.3 Å². The van der Waals surface area contributed by atoms with E-state index in [2.05, 4.69) is 15.2 Å². The molecule has 32 heavy (non-hydrogen) atoms. The highest BCUT2D eigenvalue weighted by atomic mass is 32.2. The maximum absolute atomic E-state index is 12.8. The summed E-state index contributed by atoms with van der Waals surface area (Å²) in [6.45, 7) is 3.47. The molecule has 9 nitrogen and oxygen atoms in total. The highest BCUT2D eigenvalue weighted by Crippen LogP contribution is 2.30. The summed E-state index contributed by atoms with van der Waals surface area (Å²) in [7, 11) is -0.846. The number of hydrogen-bond acceptors (Lipinski definition) is 8. The molecular formula is C21H23N3O6S2. The number of ether oxygens (including phenoxy) is 2. The minimum absolute atomic E-state index is 0.132. The number of anilines is 2. The number of benzene rings is 1. The molecule has 0 atom stereocenters. The summed E-state index contributed by atoms with van der Waals surface area (Å²) >= 11 is 1.08. The number of nitrogens with zero attached hydrogens (tertiary/aromatic N) is 1. The van der Waals surface area contributed by atoms with E-state index < -0.39 is 10.0 Å². The summed E-state index contributed by atoms with van der Waals surface area (Å²) in [6.07, 6.45) is 3.65. The Morgan fingerprint density at radius 3 is 2.47 bits per heavy atom. The van der Waals surface area contributed by atoms with E-state index in [1.54, 1.807) is 50.3 Å². The molecule has 0 spiro atoms. The fourth-order valence-electron chi connectivity index (χ4n) is 2.68. The van der Waals surface area contributed by atoms with Gasteiger partial charge in [0.05, 0.1) is 19.9 Å². The third-order valence-electron chi connectivity index (χ3n) is 4.34. The predicted molar refractivity (Wildman–Crippen MR) is 124 cm³/mol. The van der Waals surface area contributed by atoms with E-state index in [1.165, 1.54) is 20.3 Å². The van der Waals surface area contributed by atoms with Gasteiger partial charge in [0.25, 0.3) is 10.0 Å². The van der Waals surface area contributed by atoms with Crippen molar-refractivity contribution >= 4 is 50.8 Å². The third kappa shape index (κ3) is 5.48. The van der Waals surface area contributed by atoms with Crippen molar-refractivity contribution in [3.8, 4) is 11.5 Å². The number of nitrogens with one attached hydrogen (secondary N) is 2. The quantitative estimate of drug-likeness (QED) is 0.469. The smallest absolute Gasteiger partial charge is 0.271 e. The van der Waals surface area contributed by atoms with Gasteiger partial charge in [-0.25, -0.2) is 8.42 Å². The third-order valence-corrected chi connectivity index (χ3v) is 7.27. The zero-order chi connectivity index (χ0) is 23.3. The van der Waals surface area contributed by atoms with Gasteiger partial charge in [0.15, 0.2) is 5.76 Å². The average Bonchev–Trinajstić information content (AvgIpc) is 3.39. The first-order chi connectivity index (χ1) is 15.2. The number of methoxy groups -OCH3 is 2. The number of aromatic nitrogens is 1. The number of carbonyl (C=O) groups is 1. The van der Waals surface area contributed by atoms with E-state index in [9.17, 15) is 13.2 Å². The van der Waals surface area contributed by atoms with Gasteiger partial charge in [0, 0.05) is 29.5 Å². The number of carbonyl (C=O) groups excluding carboxylic acids is 1. The van der Waals surface area contributed by atoms with E-state index in [1.807, 2.05) is 0 Å². The van der Waals surface area contributed by atoms with Crippen LogP contribution in [0, 0.1) is 6.92 Å². The van der Waals surface area contributed by atoms with Gasteiger partial charge in [-0.2, -0.15) is 0 Å². The Hall–Kier alpha value is -3.31. The molecule has 0 bridgehead atoms. The van der Waals surface area contributed by atoms with E-state index in [4.69, 9.17) is 14.0 Å². The van der Waals surface area contributed by atoms with Gasteiger partial charge in [-0.3, -0.25) is 9.52 Å². The maximum Gasteiger partial charge on any atom is 0.271 e. The molecule has 2 aromatic heterocycles. The SMILES string of the molecule is CCC(=O)Nc1c(C)noc1/C=C/c1ccc(S(=O)(=O)Nc2cc(OC)cc(OC)c2)s1. The number of aryl methyl sites for hydroxylation is 1. The molecule has 3 aromatic rings. The number of thiophene rings is 1. The molecule has 3 rings (SSSR count). The molecule has 0 aliphatic rings. The largest absolute Gasteiger partial charge is 0.497 e. The summed E-state index contributed by atoms with van der Waals surface area (Å²) < 4.78 is 43.9. The molecule has 2 N–H and O–H groups in total. The Balaban J connectivity index is 1.79. The van der Waals surface area contributed by atoms with Gasteiger partial charge in [-0.1, -0.05) is 12.1 Å². The highest BCUT2D eigenvalue weighted by molar-refractivity contribution is 7.94. The predicted octanol–water partition coefficient (Wildman–Crippen LogP) is 4.38. The normalized spacial score (nSPS) is 11.5. The number of hydrogen-bond donors (Lipinski definition) is 2. The van der Waals surface area contributed by atoms with Gasteiger partial charge in [0.2, 0.25) is 5.91 Å². The molecule has 1 amide bonds. The zero-order valence-electron chi connectivity index (χ0n) is 18.0. The molecule has 0 radical (unpaired) electrons. The summed E-state index contributed by atoms with van der Waals surface area (Å²) in [6, 6.07) is 7.96. The standard InChI is InChI=1S/C21H23N3O6S2/c1-5-19(25)22-21-13(2)23-30-18(21)8-6-17-7-9-20(31-17)32(26,27)24-14-10-15(28-3)12-16(11-14)29-4/h6-12,24H,5H2,1-4H3,(H,22,25)/b8-6+. The molecule has 1 aromatic carbocycles. The van der Waals surface area contributed by atoms with E-state index in [0.29, 0.717) is 45.6 Å². The van der Waals surface area contributed by atoms with Crippen molar-refractivity contribution in [2.24, 2.45) is 0 Å². The lowest BCUT2D eigenvalue weighted by molar-refractivity contribution is -0.115. The van der Waals surface area contributed by atoms with Crippen LogP contribution in [0.3, 0.4) is 0 Å². The van der Waals surface area contributed by atoms with Crippen LogP contribution in [0.15, 0.2) is 39.1 Å². The molecule has 2 heterocycles. The van der Waals surface area contributed by atoms with Crippen molar-refractivity contribution in [1.29, 1.82) is 0 Å². The molecule has 0 unspecified atom stereocenters. The molecule has 0 saturated heterocycles. The van der Waals surface area contributed by atoms with E-state index >= 15 is 0 Å². The molecule has 170 valence electrons. The monoisotopic (exact) mass is 477 g/mol. The van der Waals surface area contributed by atoms with Crippen molar-refractivity contribution in [3.63, 3.8) is 0 Å². The first-order valence-electron chi connectivity index (χ1n) is 9.55. The molecule has 0 saturated carbocycles. The molecule has 11 heteroatoms. The first kappa shape index (κ1) is 23.4. The lowest BCUT2D eigenvalue weighted by Crippen LogP contribution is -2.11. The molecule has 0 aliphatic heterocycles. The van der Waals surface area contributed by atoms with Crippen LogP contribution in [0.2, 0.25) is 0 Å². The molecule has 0 aliphatic carbocycles. The number of sulfonamides is 1. The lowest BCUT2D eigenvalue weighted by Gasteiger charge is -2.10. The van der Waals surface area contributed by atoms with Gasteiger partial charge >= 0.3 is 0 Å². The average molecular weight is 478 g/mol. The van der Waals surface area contributed by atoms with Gasteiger partial charge in [0.1, 0.15) is 27.1 Å². The Morgan fingerprint density at radius 2 is 1.84 bits per heavy atom. The Kier molecular flexibility index (Phi) is 7.21. The van der Waals surface area contributed by atoms with Crippen LogP contribution in [-0.4, -0.2) is 33.7 Å². The van der Waals surface area contributed by atoms with Crippen molar-refractivity contribution in [2.45, 2.75) is 24.5 Å². The van der Waals surface area contributed by atoms with Crippen LogP contribution >= 0.6 is 11.3 Å². The Morgan fingerprint density at radius 1 is 1.16 bits per heavy atom. The highest BCUT2D eigenvalue weighted by Gasteiger charge is 2.18. The van der Waals surface area contributed by atoms with Crippen molar-refractivity contribution in [2.75, 3.05) is 24.3 Å². The second-order valence-electron chi connectivity index (χ2n) is 6.61. The summed E-state index contributed by atoms with van der Waals surface area (Å²) in [5, 5.41) is 6.62. The zero-order valence-corrected chi connectivity index (χ0v) is 19.6. The van der Waals surface area contributed by atoms with Gasteiger partial charge < -0.3 is 19.3 Å². The summed E-state index contributed by atoms with van der Waals surface area (Å²) in [5.74, 6) is 1.15. The van der Waals surface area contributed by atoms with Gasteiger partial charge in [-0.15, -0.1) is 11.3 Å². The van der Waals surface area contributed by atoms with Crippen molar-refractivity contribution in [1.82, 2.24) is 5.16 Å². The minimum Gasteiger partial charge on any atom is -0.497 e. The maximum atomic E-state index is 12.8. The molecule has 0 fully saturated rings. The van der Waals surface area contributed by atoms with Crippen molar-refractivity contribution in [3.05, 3.63) is 46.7 Å². The van der Waals surface area contributed by atoms with Crippen molar-refractivity contribution < 1.29 is 27.2 Å². The summed E-state index contributed by atoms with van der Waals surface area (Å²) in [4.78, 5) is 12.4. The first-order valence-corrected chi connectivity index (χ1v) is 11.9. The number of rotatable bonds is 9. The second-order valence-corrected chi connectivity index (χ2v) is 9.63. The van der Waals surface area contributed by atoms with Gasteiger partial charge in [-0.05, 0) is 31.2 Å². The Bertz CT molecular complexity index is 1220. The second kappa shape index (κ2) is 9.88. The van der Waals surface area contributed by atoms with E-state index in [-0.39, 0.29) is 10.1 Å². The van der Waals surface area contributed by atoms with Crippen LogP contribution in [0.25, 0.3) is 12.2 Å².